The summed E-state index contributed by atoms with van der Waals surface area (Å²) in [6, 6.07) is 3.41. The molecule has 0 radical (unpaired) electrons. The fourth-order valence-corrected chi connectivity index (χ4v) is 1.30. The Bertz CT molecular complexity index is 401. The molecule has 0 unspecified atom stereocenters. The summed E-state index contributed by atoms with van der Waals surface area (Å²) >= 11 is 5.51. The van der Waals surface area contributed by atoms with Gasteiger partial charge in [-0.2, -0.15) is 0 Å². The van der Waals surface area contributed by atoms with Crippen LogP contribution < -0.4 is 5.73 Å². The van der Waals surface area contributed by atoms with Gasteiger partial charge in [0.25, 0.3) is 0 Å². The first-order chi connectivity index (χ1) is 5.41. The highest BCUT2D eigenvalue weighted by atomic mass is 35.5. The van der Waals surface area contributed by atoms with E-state index in [1.165, 1.54) is 6.07 Å². The van der Waals surface area contributed by atoms with Crippen LogP contribution in [0.5, 0.6) is 0 Å². The SMILES string of the molecule is Nc1cc(S(=O)(=O)[O-])ccc1Cl. The van der Waals surface area contributed by atoms with Crippen molar-refractivity contribution in [1.29, 1.82) is 0 Å². The molecule has 1 rings (SSSR count). The van der Waals surface area contributed by atoms with Gasteiger partial charge in [-0.25, -0.2) is 8.42 Å². The van der Waals surface area contributed by atoms with Crippen LogP contribution in [0.2, 0.25) is 5.02 Å². The topological polar surface area (TPSA) is 83.2 Å². The van der Waals surface area contributed by atoms with Crippen LogP contribution in [0.4, 0.5) is 5.69 Å². The molecule has 0 saturated carbocycles. The number of nitrogens with two attached hydrogens (primary N) is 1. The van der Waals surface area contributed by atoms with Crippen molar-refractivity contribution in [2.45, 2.75) is 4.90 Å². The first-order valence-corrected chi connectivity index (χ1v) is 4.71. The van der Waals surface area contributed by atoms with Gasteiger partial charge in [-0.1, -0.05) is 11.6 Å². The number of anilines is 1. The van der Waals surface area contributed by atoms with Crippen LogP contribution >= 0.6 is 11.6 Å². The lowest BCUT2D eigenvalue weighted by molar-refractivity contribution is 0.463. The molecule has 2 N–H and O–H groups in total. The molecule has 0 amide bonds. The van der Waals surface area contributed by atoms with E-state index in [1.54, 1.807) is 0 Å². The molecule has 0 aliphatic carbocycles. The number of halogens is 1. The maximum absolute atomic E-state index is 10.4. The fourth-order valence-electron chi connectivity index (χ4n) is 0.677. The highest BCUT2D eigenvalue weighted by Crippen LogP contribution is 2.21. The van der Waals surface area contributed by atoms with Gasteiger partial charge in [0.1, 0.15) is 10.1 Å². The smallest absolute Gasteiger partial charge is 0.124 e. The van der Waals surface area contributed by atoms with Gasteiger partial charge in [0.15, 0.2) is 0 Å². The lowest BCUT2D eigenvalue weighted by Gasteiger charge is -2.07. The summed E-state index contributed by atoms with van der Waals surface area (Å²) in [4.78, 5) is -0.371. The molecular weight excluding hydrogens is 202 g/mol. The maximum atomic E-state index is 10.4. The fraction of sp³-hybridized carbons (Fsp3) is 0. The second-order valence-electron chi connectivity index (χ2n) is 2.14. The van der Waals surface area contributed by atoms with Crippen molar-refractivity contribution >= 4 is 27.4 Å². The van der Waals surface area contributed by atoms with Crippen LogP contribution in [0.1, 0.15) is 0 Å². The van der Waals surface area contributed by atoms with Crippen LogP contribution in [0.3, 0.4) is 0 Å². The number of hydrogen-bond acceptors (Lipinski definition) is 4. The molecule has 0 aliphatic rings. The molecule has 0 fully saturated rings. The van der Waals surface area contributed by atoms with E-state index in [9.17, 15) is 13.0 Å². The molecule has 66 valence electrons. The monoisotopic (exact) mass is 206 g/mol. The van der Waals surface area contributed by atoms with Gasteiger partial charge in [-0.05, 0) is 18.2 Å². The predicted molar refractivity (Wildman–Crippen MR) is 43.8 cm³/mol. The van der Waals surface area contributed by atoms with Gasteiger partial charge in [-0.3, -0.25) is 0 Å². The summed E-state index contributed by atoms with van der Waals surface area (Å²) in [6.07, 6.45) is 0. The van der Waals surface area contributed by atoms with E-state index < -0.39 is 10.1 Å². The molecule has 6 heteroatoms. The Kier molecular flexibility index (Phi) is 2.27. The van der Waals surface area contributed by atoms with E-state index in [2.05, 4.69) is 0 Å². The van der Waals surface area contributed by atoms with Gasteiger partial charge in [-0.15, -0.1) is 0 Å². The predicted octanol–water partition coefficient (Wildman–Crippen LogP) is 0.826. The number of rotatable bonds is 1. The van der Waals surface area contributed by atoms with Gasteiger partial charge in [0.2, 0.25) is 0 Å². The Morgan fingerprint density at radius 2 is 2.00 bits per heavy atom. The molecule has 0 aliphatic heterocycles. The summed E-state index contributed by atoms with van der Waals surface area (Å²) in [6.45, 7) is 0. The number of benzene rings is 1. The molecule has 0 atom stereocenters. The molecule has 1 aromatic rings. The van der Waals surface area contributed by atoms with E-state index >= 15 is 0 Å². The van der Waals surface area contributed by atoms with Crippen LogP contribution in [-0.4, -0.2) is 13.0 Å². The van der Waals surface area contributed by atoms with Crippen LogP contribution in [0.25, 0.3) is 0 Å². The summed E-state index contributed by atoms with van der Waals surface area (Å²) in [5, 5.41) is 0.224. The summed E-state index contributed by atoms with van der Waals surface area (Å²) in [5.41, 5.74) is 5.36. The van der Waals surface area contributed by atoms with E-state index in [0.717, 1.165) is 12.1 Å². The number of hydrogen-bond donors (Lipinski definition) is 1. The van der Waals surface area contributed by atoms with Crippen molar-refractivity contribution in [2.24, 2.45) is 0 Å². The highest BCUT2D eigenvalue weighted by Gasteiger charge is 2.03. The Balaban J connectivity index is 3.33. The molecule has 0 aromatic heterocycles. The Labute approximate surface area is 74.7 Å². The Hall–Kier alpha value is -0.780. The average molecular weight is 207 g/mol. The van der Waals surface area contributed by atoms with E-state index in [0.29, 0.717) is 0 Å². The third kappa shape index (κ3) is 1.88. The molecule has 12 heavy (non-hydrogen) atoms. The van der Waals surface area contributed by atoms with Gasteiger partial charge in [0, 0.05) is 0 Å². The van der Waals surface area contributed by atoms with Crippen molar-refractivity contribution < 1.29 is 13.0 Å². The minimum atomic E-state index is -4.43. The van der Waals surface area contributed by atoms with E-state index in [1.807, 2.05) is 0 Å². The van der Waals surface area contributed by atoms with Crippen LogP contribution in [-0.2, 0) is 10.1 Å². The molecule has 0 saturated heterocycles. The third-order valence-electron chi connectivity index (χ3n) is 1.26. The zero-order valence-corrected chi connectivity index (χ0v) is 7.39. The molecule has 1 aromatic carbocycles. The molecular formula is C6H5ClNO3S-. The molecule has 0 heterocycles. The van der Waals surface area contributed by atoms with Crippen molar-refractivity contribution in [2.75, 3.05) is 5.73 Å². The average Bonchev–Trinajstić information content (AvgIpc) is 1.92. The Morgan fingerprint density at radius 3 is 2.42 bits per heavy atom. The largest absolute Gasteiger partial charge is 0.744 e. The summed E-state index contributed by atoms with van der Waals surface area (Å²) in [7, 11) is -4.43. The van der Waals surface area contributed by atoms with Gasteiger partial charge >= 0.3 is 0 Å². The minimum absolute atomic E-state index is 0.0774. The second kappa shape index (κ2) is 2.93. The molecule has 0 bridgehead atoms. The third-order valence-corrected chi connectivity index (χ3v) is 2.43. The van der Waals surface area contributed by atoms with Gasteiger partial charge < -0.3 is 10.3 Å². The quantitative estimate of drug-likeness (QED) is 0.545. The lowest BCUT2D eigenvalue weighted by atomic mass is 10.3. The second-order valence-corrected chi connectivity index (χ2v) is 3.92. The van der Waals surface area contributed by atoms with Crippen molar-refractivity contribution in [3.63, 3.8) is 0 Å². The van der Waals surface area contributed by atoms with Crippen LogP contribution in [0, 0.1) is 0 Å². The lowest BCUT2D eigenvalue weighted by Crippen LogP contribution is -1.99. The zero-order chi connectivity index (χ0) is 9.35. The highest BCUT2D eigenvalue weighted by molar-refractivity contribution is 7.85. The van der Waals surface area contributed by atoms with E-state index in [4.69, 9.17) is 17.3 Å². The number of nitrogen functional groups attached to an aromatic ring is 1. The molecule has 0 spiro atoms. The van der Waals surface area contributed by atoms with Crippen LogP contribution in [0.15, 0.2) is 23.1 Å². The first kappa shape index (κ1) is 9.31. The van der Waals surface area contributed by atoms with Crippen molar-refractivity contribution in [1.82, 2.24) is 0 Å². The molecule has 4 nitrogen and oxygen atoms in total. The first-order valence-electron chi connectivity index (χ1n) is 2.92. The maximum Gasteiger partial charge on any atom is 0.124 e. The zero-order valence-electron chi connectivity index (χ0n) is 5.82. The summed E-state index contributed by atoms with van der Waals surface area (Å²) in [5.74, 6) is 0. The van der Waals surface area contributed by atoms with Gasteiger partial charge in [0.05, 0.1) is 15.6 Å². The van der Waals surface area contributed by atoms with E-state index in [-0.39, 0.29) is 15.6 Å². The minimum Gasteiger partial charge on any atom is -0.744 e. The normalized spacial score (nSPS) is 11.5. The Morgan fingerprint density at radius 1 is 1.42 bits per heavy atom. The standard InChI is InChI=1S/C6H6ClNO3S/c7-5-2-1-4(3-6(5)8)12(9,10)11/h1-3H,8H2,(H,9,10,11)/p-1. The van der Waals surface area contributed by atoms with Crippen molar-refractivity contribution in [3.8, 4) is 0 Å². The summed E-state index contributed by atoms with van der Waals surface area (Å²) < 4.78 is 31.3. The van der Waals surface area contributed by atoms with Crippen molar-refractivity contribution in [3.05, 3.63) is 23.2 Å².